The zero-order valence-corrected chi connectivity index (χ0v) is 14.6. The number of aromatic nitrogens is 1. The van der Waals surface area contributed by atoms with Crippen molar-refractivity contribution in [1.82, 2.24) is 4.98 Å². The second-order valence-corrected chi connectivity index (χ2v) is 6.79. The summed E-state index contributed by atoms with van der Waals surface area (Å²) >= 11 is 0. The molecule has 1 aromatic heterocycles. The van der Waals surface area contributed by atoms with E-state index in [0.717, 1.165) is 6.42 Å². The van der Waals surface area contributed by atoms with Gasteiger partial charge in [0.05, 0.1) is 6.61 Å². The van der Waals surface area contributed by atoms with E-state index in [1.165, 1.54) is 18.5 Å². The van der Waals surface area contributed by atoms with Gasteiger partial charge in [-0.25, -0.2) is 0 Å². The highest BCUT2D eigenvalue weighted by molar-refractivity contribution is 5.76. The summed E-state index contributed by atoms with van der Waals surface area (Å²) < 4.78 is 51.2. The maximum Gasteiger partial charge on any atom is 0.429 e. The second kappa shape index (κ2) is 7.15. The lowest BCUT2D eigenvalue weighted by Gasteiger charge is -2.30. The fourth-order valence-electron chi connectivity index (χ4n) is 3.15. The molecular weight excluding hydrogens is 345 g/mol. The number of hydrogen-bond acceptors (Lipinski definition) is 4. The summed E-state index contributed by atoms with van der Waals surface area (Å²) in [4.78, 5) is 3.81. The topological polar surface area (TPSA) is 57.4 Å². The van der Waals surface area contributed by atoms with Crippen molar-refractivity contribution >= 4 is 0 Å². The summed E-state index contributed by atoms with van der Waals surface area (Å²) in [5, 5.41) is 0. The van der Waals surface area contributed by atoms with Crippen molar-refractivity contribution in [2.45, 2.75) is 38.6 Å². The number of alkyl halides is 3. The molecular formula is C19H21F3N2O2. The minimum atomic E-state index is -4.53. The van der Waals surface area contributed by atoms with Gasteiger partial charge in [0.15, 0.2) is 0 Å². The molecule has 0 aliphatic carbocycles. The lowest BCUT2D eigenvalue weighted by molar-refractivity contribution is -0.198. The molecule has 0 bridgehead atoms. The van der Waals surface area contributed by atoms with Crippen molar-refractivity contribution in [3.63, 3.8) is 0 Å². The lowest BCUT2D eigenvalue weighted by Crippen LogP contribution is -2.29. The Hall–Kier alpha value is -2.28. The first kappa shape index (κ1) is 18.5. The van der Waals surface area contributed by atoms with E-state index in [1.807, 2.05) is 13.8 Å². The number of pyridine rings is 1. The normalized spacial score (nSPS) is 18.3. The molecule has 1 aliphatic heterocycles. The van der Waals surface area contributed by atoms with Crippen LogP contribution in [0.1, 0.15) is 31.9 Å². The average Bonchev–Trinajstić information content (AvgIpc) is 2.57. The number of nitrogens with two attached hydrogens (primary N) is 1. The summed E-state index contributed by atoms with van der Waals surface area (Å²) in [6, 6.07) is 6.60. The van der Waals surface area contributed by atoms with Crippen molar-refractivity contribution in [2.75, 3.05) is 6.61 Å². The minimum Gasteiger partial charge on any atom is -0.493 e. The van der Waals surface area contributed by atoms with Crippen molar-refractivity contribution in [3.05, 3.63) is 42.2 Å². The van der Waals surface area contributed by atoms with E-state index in [0.29, 0.717) is 23.5 Å². The first-order valence-corrected chi connectivity index (χ1v) is 8.45. The molecule has 7 heteroatoms. The Morgan fingerprint density at radius 3 is 2.69 bits per heavy atom. The Morgan fingerprint density at radius 2 is 2.00 bits per heavy atom. The smallest absolute Gasteiger partial charge is 0.429 e. The summed E-state index contributed by atoms with van der Waals surface area (Å²) in [6.45, 7) is 4.37. The third-order valence-corrected chi connectivity index (χ3v) is 4.23. The molecule has 140 valence electrons. The zero-order valence-electron chi connectivity index (χ0n) is 14.6. The number of halogens is 3. The molecule has 0 saturated carbocycles. The Labute approximate surface area is 150 Å². The highest BCUT2D eigenvalue weighted by Gasteiger charge is 2.46. The molecule has 0 spiro atoms. The fourth-order valence-corrected chi connectivity index (χ4v) is 3.15. The predicted molar refractivity (Wildman–Crippen MR) is 92.0 cm³/mol. The first-order valence-electron chi connectivity index (χ1n) is 8.45. The molecule has 0 radical (unpaired) electrons. The first-order chi connectivity index (χ1) is 12.3. The number of fused-ring (bicyclic) bond motifs is 3. The molecule has 0 fully saturated rings. The van der Waals surface area contributed by atoms with Crippen LogP contribution in [0.4, 0.5) is 13.2 Å². The van der Waals surface area contributed by atoms with Crippen LogP contribution in [0.3, 0.4) is 0 Å². The monoisotopic (exact) mass is 366 g/mol. The van der Waals surface area contributed by atoms with Crippen LogP contribution in [0.2, 0.25) is 0 Å². The van der Waals surface area contributed by atoms with E-state index in [2.05, 4.69) is 4.98 Å². The van der Waals surface area contributed by atoms with Gasteiger partial charge in [-0.2, -0.15) is 13.2 Å². The third kappa shape index (κ3) is 3.93. The maximum atomic E-state index is 13.4. The summed E-state index contributed by atoms with van der Waals surface area (Å²) in [7, 11) is 0. The van der Waals surface area contributed by atoms with Gasteiger partial charge in [0.25, 0.3) is 0 Å². The summed E-state index contributed by atoms with van der Waals surface area (Å²) in [5.41, 5.74) is 6.86. The van der Waals surface area contributed by atoms with Crippen LogP contribution in [-0.2, 0) is 0 Å². The third-order valence-electron chi connectivity index (χ3n) is 4.23. The van der Waals surface area contributed by atoms with Gasteiger partial charge in [-0.15, -0.1) is 0 Å². The molecule has 1 aliphatic rings. The molecule has 3 rings (SSSR count). The Kier molecular flexibility index (Phi) is 5.09. The molecule has 0 saturated heterocycles. The molecule has 2 heterocycles. The minimum absolute atomic E-state index is 0.0201. The highest BCUT2D eigenvalue weighted by atomic mass is 19.4. The molecule has 2 N–H and O–H groups in total. The van der Waals surface area contributed by atoms with E-state index in [1.54, 1.807) is 18.2 Å². The summed E-state index contributed by atoms with van der Waals surface area (Å²) in [5.74, 6) is 0.865. The van der Waals surface area contributed by atoms with E-state index >= 15 is 0 Å². The quantitative estimate of drug-likeness (QED) is 0.847. The molecule has 2 aromatic rings. The summed E-state index contributed by atoms with van der Waals surface area (Å²) in [6.07, 6.45) is -3.08. The van der Waals surface area contributed by atoms with Crippen LogP contribution in [0, 0.1) is 5.92 Å². The van der Waals surface area contributed by atoms with Gasteiger partial charge in [0.1, 0.15) is 11.5 Å². The van der Waals surface area contributed by atoms with E-state index in [4.69, 9.17) is 15.2 Å². The second-order valence-electron chi connectivity index (χ2n) is 6.79. The van der Waals surface area contributed by atoms with Gasteiger partial charge < -0.3 is 15.2 Å². The van der Waals surface area contributed by atoms with E-state index in [9.17, 15) is 13.2 Å². The number of hydrogen-bond donors (Lipinski definition) is 1. The number of ether oxygens (including phenoxy) is 2. The highest BCUT2D eigenvalue weighted by Crippen LogP contribution is 2.48. The average molecular weight is 366 g/mol. The molecule has 4 nitrogen and oxygen atoms in total. The van der Waals surface area contributed by atoms with Gasteiger partial charge in [0, 0.05) is 35.6 Å². The van der Waals surface area contributed by atoms with Crippen LogP contribution in [-0.4, -0.2) is 23.8 Å². The number of nitrogens with zero attached hydrogens (tertiary/aromatic N) is 1. The van der Waals surface area contributed by atoms with Crippen LogP contribution in [0.25, 0.3) is 11.1 Å². The Bertz CT molecular complexity index is 778. The lowest BCUT2D eigenvalue weighted by atomic mass is 9.94. The largest absolute Gasteiger partial charge is 0.493 e. The molecule has 26 heavy (non-hydrogen) atoms. The SMILES string of the molecule is CC(COc1ccc2c(c1)OC(C(F)(F)F)c1cnccc1-2)C[C@H](C)N. The van der Waals surface area contributed by atoms with Crippen LogP contribution >= 0.6 is 0 Å². The van der Waals surface area contributed by atoms with Crippen molar-refractivity contribution in [2.24, 2.45) is 11.7 Å². The Balaban J connectivity index is 1.86. The van der Waals surface area contributed by atoms with Crippen LogP contribution < -0.4 is 15.2 Å². The van der Waals surface area contributed by atoms with Gasteiger partial charge >= 0.3 is 6.18 Å². The van der Waals surface area contributed by atoms with E-state index < -0.39 is 12.3 Å². The van der Waals surface area contributed by atoms with Crippen LogP contribution in [0.15, 0.2) is 36.7 Å². The van der Waals surface area contributed by atoms with Crippen molar-refractivity contribution in [1.29, 1.82) is 0 Å². The van der Waals surface area contributed by atoms with Crippen LogP contribution in [0.5, 0.6) is 11.5 Å². The number of benzene rings is 1. The van der Waals surface area contributed by atoms with Crippen molar-refractivity contribution < 1.29 is 22.6 Å². The fraction of sp³-hybridized carbons (Fsp3) is 0.421. The number of rotatable bonds is 5. The maximum absolute atomic E-state index is 13.4. The standard InChI is InChI=1S/C19H21F3N2O2/c1-11(7-12(2)23)10-25-13-3-4-15-14-5-6-24-9-16(14)18(19(20,21)22)26-17(15)8-13/h3-6,8-9,11-12,18H,7,10,23H2,1-2H3/t11?,12-,18?/m0/s1. The van der Waals surface area contributed by atoms with Gasteiger partial charge in [-0.1, -0.05) is 6.92 Å². The molecule has 0 amide bonds. The predicted octanol–water partition coefficient (Wildman–Crippen LogP) is 4.50. The molecule has 2 unspecified atom stereocenters. The molecule has 1 aromatic carbocycles. The van der Waals surface area contributed by atoms with Gasteiger partial charge in [-0.05, 0) is 43.0 Å². The van der Waals surface area contributed by atoms with Gasteiger partial charge in [-0.3, -0.25) is 4.98 Å². The van der Waals surface area contributed by atoms with Crippen molar-refractivity contribution in [3.8, 4) is 22.6 Å². The Morgan fingerprint density at radius 1 is 1.23 bits per heavy atom. The molecule has 3 atom stereocenters. The van der Waals surface area contributed by atoms with E-state index in [-0.39, 0.29) is 23.3 Å². The zero-order chi connectivity index (χ0) is 18.9. The van der Waals surface area contributed by atoms with Gasteiger partial charge in [0.2, 0.25) is 6.10 Å².